The molecule has 0 heterocycles. The van der Waals surface area contributed by atoms with Crippen molar-refractivity contribution in [1.82, 2.24) is 0 Å². The van der Waals surface area contributed by atoms with Gasteiger partial charge in [-0.05, 0) is 103 Å². The summed E-state index contributed by atoms with van der Waals surface area (Å²) in [5.41, 5.74) is 6.24. The molecule has 0 aliphatic heterocycles. The second-order valence-electron chi connectivity index (χ2n) is 13.2. The highest BCUT2D eigenvalue weighted by atomic mass is 35.5. The first-order chi connectivity index (χ1) is 21.0. The first kappa shape index (κ1) is 33.7. The molecule has 1 fully saturated rings. The number of hydrogen-bond donors (Lipinski definition) is 0. The molecular weight excluding hydrogens is 554 g/mol. The van der Waals surface area contributed by atoms with Crippen molar-refractivity contribution in [2.75, 3.05) is 0 Å². The van der Waals surface area contributed by atoms with E-state index in [2.05, 4.69) is 55.5 Å². The molecule has 1 saturated carbocycles. The maximum Gasteiger partial charge on any atom is 0.145 e. The molecule has 0 N–H and O–H groups in total. The molecule has 0 nitrogen and oxygen atoms in total. The van der Waals surface area contributed by atoms with Crippen LogP contribution in [-0.2, 0) is 32.1 Å². The normalized spacial score (nSPS) is 16.9. The molecule has 234 valence electrons. The number of halogens is 3. The van der Waals surface area contributed by atoms with E-state index in [1.54, 1.807) is 0 Å². The number of benzene rings is 3. The molecular formula is C40H53ClF2. The number of hydrogen-bond acceptors (Lipinski definition) is 0. The summed E-state index contributed by atoms with van der Waals surface area (Å²) < 4.78 is 27.4. The Kier molecular flexibility index (Phi) is 14.6. The average Bonchev–Trinajstić information content (AvgIpc) is 3.03. The topological polar surface area (TPSA) is 0 Å². The van der Waals surface area contributed by atoms with Crippen LogP contribution < -0.4 is 0 Å². The van der Waals surface area contributed by atoms with Gasteiger partial charge < -0.3 is 0 Å². The van der Waals surface area contributed by atoms with Crippen LogP contribution in [0.5, 0.6) is 0 Å². The van der Waals surface area contributed by atoms with Crippen LogP contribution in [0.15, 0.2) is 60.7 Å². The SMILES string of the molecule is CCCCCCCCCCc1ccc(CC[C@H]2CC[C@H](CCc3ccc(CCc4cc(F)c(Cl)c(F)c4)cc3)CC2)cc1. The fraction of sp³-hybridized carbons (Fsp3) is 0.550. The Labute approximate surface area is 265 Å². The molecule has 0 unspecified atom stereocenters. The smallest absolute Gasteiger partial charge is 0.145 e. The lowest BCUT2D eigenvalue weighted by atomic mass is 9.77. The molecule has 3 aromatic carbocycles. The molecule has 0 spiro atoms. The summed E-state index contributed by atoms with van der Waals surface area (Å²) in [6, 6.07) is 21.0. The highest BCUT2D eigenvalue weighted by Crippen LogP contribution is 2.34. The van der Waals surface area contributed by atoms with Gasteiger partial charge in [0.2, 0.25) is 0 Å². The zero-order valence-corrected chi connectivity index (χ0v) is 27.3. The van der Waals surface area contributed by atoms with E-state index in [4.69, 9.17) is 11.6 Å². The van der Waals surface area contributed by atoms with Crippen LogP contribution >= 0.6 is 11.6 Å². The fourth-order valence-electron chi connectivity index (χ4n) is 6.80. The quantitative estimate of drug-likeness (QED) is 0.0997. The summed E-state index contributed by atoms with van der Waals surface area (Å²) in [5, 5.41) is -0.425. The third-order valence-electron chi connectivity index (χ3n) is 9.76. The largest absolute Gasteiger partial charge is 0.205 e. The highest BCUT2D eigenvalue weighted by molar-refractivity contribution is 6.30. The first-order valence-electron chi connectivity index (χ1n) is 17.3. The Morgan fingerprint density at radius 1 is 0.512 bits per heavy atom. The second kappa shape index (κ2) is 18.6. The molecule has 43 heavy (non-hydrogen) atoms. The molecule has 0 amide bonds. The third kappa shape index (κ3) is 12.0. The van der Waals surface area contributed by atoms with Crippen molar-refractivity contribution < 1.29 is 8.78 Å². The van der Waals surface area contributed by atoms with E-state index in [9.17, 15) is 8.78 Å². The third-order valence-corrected chi connectivity index (χ3v) is 10.1. The minimum atomic E-state index is -0.685. The van der Waals surface area contributed by atoms with Crippen LogP contribution in [0.4, 0.5) is 8.78 Å². The van der Waals surface area contributed by atoms with Crippen molar-refractivity contribution in [2.45, 2.75) is 129 Å². The van der Waals surface area contributed by atoms with Gasteiger partial charge in [-0.1, -0.05) is 138 Å². The van der Waals surface area contributed by atoms with Gasteiger partial charge in [-0.2, -0.15) is 0 Å². The van der Waals surface area contributed by atoms with Gasteiger partial charge in [0.1, 0.15) is 16.7 Å². The summed E-state index contributed by atoms with van der Waals surface area (Å²) >= 11 is 5.60. The molecule has 0 saturated heterocycles. The van der Waals surface area contributed by atoms with Gasteiger partial charge in [-0.15, -0.1) is 0 Å². The van der Waals surface area contributed by atoms with Crippen molar-refractivity contribution in [2.24, 2.45) is 11.8 Å². The van der Waals surface area contributed by atoms with Gasteiger partial charge in [0.05, 0.1) is 0 Å². The van der Waals surface area contributed by atoms with Crippen LogP contribution in [-0.4, -0.2) is 0 Å². The van der Waals surface area contributed by atoms with E-state index in [0.29, 0.717) is 12.0 Å². The summed E-state index contributed by atoms with van der Waals surface area (Å²) in [4.78, 5) is 0. The zero-order chi connectivity index (χ0) is 30.3. The van der Waals surface area contributed by atoms with Gasteiger partial charge in [0.15, 0.2) is 0 Å². The average molecular weight is 607 g/mol. The molecule has 0 aromatic heterocycles. The van der Waals surface area contributed by atoms with E-state index in [0.717, 1.165) is 24.7 Å². The number of aryl methyl sites for hydroxylation is 5. The molecule has 0 bridgehead atoms. The van der Waals surface area contributed by atoms with Crippen molar-refractivity contribution in [3.8, 4) is 0 Å². The van der Waals surface area contributed by atoms with E-state index < -0.39 is 16.7 Å². The Morgan fingerprint density at radius 3 is 1.35 bits per heavy atom. The molecule has 1 aliphatic carbocycles. The summed E-state index contributed by atoms with van der Waals surface area (Å²) in [6.45, 7) is 2.29. The van der Waals surface area contributed by atoms with E-state index in [-0.39, 0.29) is 0 Å². The summed E-state index contributed by atoms with van der Waals surface area (Å²) in [6.07, 6.45) is 24.2. The standard InChI is InChI=1S/C40H53ClF2/c1-2-3-4-5-6-7-8-9-10-31-11-13-32(14-12-31)15-16-33-17-19-34(20-18-33)21-22-35-23-25-36(26-24-35)27-28-37-29-38(42)40(41)39(43)30-37/h11-14,23-26,29-30,33-34H,2-10,15-22,27-28H2,1H3/t33-,34-. The Hall–Kier alpha value is -2.19. The minimum absolute atomic E-state index is 0.425. The van der Waals surface area contributed by atoms with Crippen molar-refractivity contribution in [3.05, 3.63) is 105 Å². The Bertz CT molecular complexity index is 1170. The predicted molar refractivity (Wildman–Crippen MR) is 180 cm³/mol. The van der Waals surface area contributed by atoms with Gasteiger partial charge in [0, 0.05) is 0 Å². The predicted octanol–water partition coefficient (Wildman–Crippen LogP) is 12.5. The second-order valence-corrected chi connectivity index (χ2v) is 13.6. The minimum Gasteiger partial charge on any atom is -0.205 e. The zero-order valence-electron chi connectivity index (χ0n) is 26.5. The molecule has 4 rings (SSSR count). The molecule has 3 aromatic rings. The molecule has 0 radical (unpaired) electrons. The van der Waals surface area contributed by atoms with Crippen molar-refractivity contribution in [3.63, 3.8) is 0 Å². The maximum atomic E-state index is 13.7. The monoisotopic (exact) mass is 606 g/mol. The van der Waals surface area contributed by atoms with Crippen LogP contribution in [0.1, 0.15) is 125 Å². The van der Waals surface area contributed by atoms with Gasteiger partial charge in [0.25, 0.3) is 0 Å². The molecule has 0 atom stereocenters. The Morgan fingerprint density at radius 2 is 0.884 bits per heavy atom. The number of rotatable bonds is 18. The van der Waals surface area contributed by atoms with Crippen LogP contribution in [0, 0.1) is 23.5 Å². The molecule has 1 aliphatic rings. The number of unbranched alkanes of at least 4 members (excludes halogenated alkanes) is 7. The summed E-state index contributed by atoms with van der Waals surface area (Å²) in [5.74, 6) is 0.363. The van der Waals surface area contributed by atoms with E-state index in [1.807, 2.05) is 0 Å². The maximum absolute atomic E-state index is 13.7. The van der Waals surface area contributed by atoms with Crippen LogP contribution in [0.2, 0.25) is 5.02 Å². The lowest BCUT2D eigenvalue weighted by Crippen LogP contribution is -2.15. The van der Waals surface area contributed by atoms with Gasteiger partial charge in [-0.3, -0.25) is 0 Å². The fourth-order valence-corrected chi connectivity index (χ4v) is 6.91. The highest BCUT2D eigenvalue weighted by Gasteiger charge is 2.21. The Balaban J connectivity index is 1.06. The van der Waals surface area contributed by atoms with Gasteiger partial charge in [-0.25, -0.2) is 8.78 Å². The van der Waals surface area contributed by atoms with Crippen LogP contribution in [0.25, 0.3) is 0 Å². The molecule has 3 heteroatoms. The van der Waals surface area contributed by atoms with Crippen molar-refractivity contribution >= 4 is 11.6 Å². The first-order valence-corrected chi connectivity index (χ1v) is 17.7. The summed E-state index contributed by atoms with van der Waals surface area (Å²) in [7, 11) is 0. The van der Waals surface area contributed by atoms with E-state index in [1.165, 1.54) is 137 Å². The van der Waals surface area contributed by atoms with E-state index >= 15 is 0 Å². The lowest BCUT2D eigenvalue weighted by Gasteiger charge is -2.28. The van der Waals surface area contributed by atoms with Crippen LogP contribution in [0.3, 0.4) is 0 Å². The van der Waals surface area contributed by atoms with Gasteiger partial charge >= 0.3 is 0 Å². The van der Waals surface area contributed by atoms with Crippen molar-refractivity contribution in [1.29, 1.82) is 0 Å². The lowest BCUT2D eigenvalue weighted by molar-refractivity contribution is 0.253.